The molecule has 0 aromatic rings. The van der Waals surface area contributed by atoms with Crippen molar-refractivity contribution in [1.29, 1.82) is 0 Å². The van der Waals surface area contributed by atoms with Crippen LogP contribution in [0.2, 0.25) is 0 Å². The van der Waals surface area contributed by atoms with E-state index in [1.54, 1.807) is 5.57 Å². The van der Waals surface area contributed by atoms with Crippen molar-refractivity contribution in [1.82, 2.24) is 0 Å². The molecular weight excluding hydrogens is 576 g/mol. The van der Waals surface area contributed by atoms with Gasteiger partial charge in [0.2, 0.25) is 0 Å². The molecule has 256 valence electrons. The average Bonchev–Trinajstić information content (AvgIpc) is 2.96. The summed E-state index contributed by atoms with van der Waals surface area (Å²) in [4.78, 5) is 11.7. The van der Waals surface area contributed by atoms with Crippen LogP contribution in [-0.2, 0) is 14.3 Å². The lowest BCUT2D eigenvalue weighted by Crippen LogP contribution is -2.67. The number of carboxylic acid groups (broad SMARTS) is 1. The molecule has 9 heteroatoms. The summed E-state index contributed by atoms with van der Waals surface area (Å²) in [6.07, 6.45) is 1.81. The van der Waals surface area contributed by atoms with Crippen molar-refractivity contribution >= 4 is 5.97 Å². The first kappa shape index (κ1) is 33.8. The molecule has 0 radical (unpaired) electrons. The van der Waals surface area contributed by atoms with Gasteiger partial charge in [0.25, 0.3) is 0 Å². The number of fused-ring (bicyclic) bond motifs is 7. The Bertz CT molecular complexity index is 1220. The van der Waals surface area contributed by atoms with Crippen LogP contribution in [0.3, 0.4) is 0 Å². The molecule has 4 saturated carbocycles. The molecular formula is C36H58O9. The standard InChI is InChI=1S/C36H58O9/c1-31(2)16-20-19-8-9-22-33(4)12-11-24(44-30-27(41)25(39)26(40)28(45-30)29(42)43)34(5,18-37)21(33)10-13-36(22,7)35(19,6)15-14-32(20,3)23(38)17-31/h8,20-28,30,37-41H,9-18H2,1-7H3,(H,42,43)/t20-,21+,22+,23-,24-,25-,26-,27+,28-,30+,32+,33-,34+,35+,36+/m0/s1. The zero-order chi connectivity index (χ0) is 33.1. The Morgan fingerprint density at radius 3 is 2.20 bits per heavy atom. The van der Waals surface area contributed by atoms with Crippen LogP contribution in [0.5, 0.6) is 0 Å². The van der Waals surface area contributed by atoms with Crippen LogP contribution in [0.25, 0.3) is 0 Å². The van der Waals surface area contributed by atoms with Gasteiger partial charge in [0.1, 0.15) is 18.3 Å². The van der Waals surface area contributed by atoms with E-state index in [0.29, 0.717) is 18.3 Å². The van der Waals surface area contributed by atoms with Crippen molar-refractivity contribution in [2.75, 3.05) is 6.61 Å². The van der Waals surface area contributed by atoms with Gasteiger partial charge in [0, 0.05) is 10.8 Å². The molecule has 1 heterocycles. The Morgan fingerprint density at radius 2 is 1.56 bits per heavy atom. The highest BCUT2D eigenvalue weighted by Gasteiger charge is 2.69. The van der Waals surface area contributed by atoms with Crippen molar-refractivity contribution in [2.24, 2.45) is 50.2 Å². The van der Waals surface area contributed by atoms with E-state index in [1.807, 2.05) is 6.92 Å². The number of hydrogen-bond donors (Lipinski definition) is 6. The minimum absolute atomic E-state index is 0.0209. The lowest BCUT2D eigenvalue weighted by molar-refractivity contribution is -0.327. The topological polar surface area (TPSA) is 157 Å². The third-order valence-corrected chi connectivity index (χ3v) is 15.3. The van der Waals surface area contributed by atoms with E-state index in [1.165, 1.54) is 0 Å². The Morgan fingerprint density at radius 1 is 0.867 bits per heavy atom. The van der Waals surface area contributed by atoms with Crippen LogP contribution in [0.1, 0.15) is 106 Å². The highest BCUT2D eigenvalue weighted by Crippen LogP contribution is 2.75. The quantitative estimate of drug-likeness (QED) is 0.199. The molecule has 0 unspecified atom stereocenters. The SMILES string of the molecule is CC1(C)C[C@H](O)[C@]2(C)CC[C@]3(C)C(=CC[C@@H]4[C@@]5(C)CC[C@H](O[C@@H]6O[C@H](C(=O)O)[C@@H](O)[C@H](O)[C@H]6O)[C@](C)(CO)[C@@H]5CC[C@]43C)[C@@H]2C1. The summed E-state index contributed by atoms with van der Waals surface area (Å²) in [6.45, 7) is 16.3. The molecule has 45 heavy (non-hydrogen) atoms. The number of hydrogen-bond acceptors (Lipinski definition) is 8. The summed E-state index contributed by atoms with van der Waals surface area (Å²) < 4.78 is 11.8. The van der Waals surface area contributed by atoms with Crippen LogP contribution in [0, 0.1) is 50.2 Å². The van der Waals surface area contributed by atoms with Gasteiger partial charge in [-0.15, -0.1) is 0 Å². The Balaban J connectivity index is 1.30. The van der Waals surface area contributed by atoms with Gasteiger partial charge in [0.15, 0.2) is 12.4 Å². The molecule has 0 bridgehead atoms. The normalized spacial score (nSPS) is 55.8. The number of carboxylic acids is 1. The highest BCUT2D eigenvalue weighted by molar-refractivity contribution is 5.73. The number of ether oxygens (including phenoxy) is 2. The molecule has 5 fully saturated rings. The molecule has 1 saturated heterocycles. The van der Waals surface area contributed by atoms with E-state index in [2.05, 4.69) is 47.6 Å². The van der Waals surface area contributed by atoms with Crippen LogP contribution in [-0.4, -0.2) is 86.1 Å². The van der Waals surface area contributed by atoms with E-state index in [4.69, 9.17) is 9.47 Å². The van der Waals surface area contributed by atoms with Gasteiger partial charge in [0.05, 0.1) is 18.8 Å². The van der Waals surface area contributed by atoms with Gasteiger partial charge in [-0.2, -0.15) is 0 Å². The van der Waals surface area contributed by atoms with Gasteiger partial charge < -0.3 is 40.1 Å². The van der Waals surface area contributed by atoms with E-state index in [0.717, 1.165) is 51.4 Å². The predicted molar refractivity (Wildman–Crippen MR) is 167 cm³/mol. The largest absolute Gasteiger partial charge is 0.479 e. The number of allylic oxidation sites excluding steroid dienone is 2. The Kier molecular flexibility index (Phi) is 8.05. The molecule has 0 spiro atoms. The van der Waals surface area contributed by atoms with E-state index < -0.39 is 48.2 Å². The molecule has 0 aromatic carbocycles. The minimum Gasteiger partial charge on any atom is -0.479 e. The first-order valence-corrected chi connectivity index (χ1v) is 17.4. The van der Waals surface area contributed by atoms with E-state index in [-0.39, 0.29) is 45.7 Å². The number of carbonyl (C=O) groups is 1. The van der Waals surface area contributed by atoms with Crippen molar-refractivity contribution < 1.29 is 44.9 Å². The van der Waals surface area contributed by atoms with Crippen molar-refractivity contribution in [2.45, 2.75) is 149 Å². The second kappa shape index (κ2) is 10.7. The third-order valence-electron chi connectivity index (χ3n) is 15.3. The summed E-state index contributed by atoms with van der Waals surface area (Å²) in [6, 6.07) is 0. The number of rotatable bonds is 4. The smallest absolute Gasteiger partial charge is 0.335 e. The van der Waals surface area contributed by atoms with Gasteiger partial charge in [-0.3, -0.25) is 0 Å². The molecule has 0 amide bonds. The second-order valence-corrected chi connectivity index (χ2v) is 18.0. The minimum atomic E-state index is -1.78. The predicted octanol–water partition coefficient (Wildman–Crippen LogP) is 4.03. The monoisotopic (exact) mass is 634 g/mol. The van der Waals surface area contributed by atoms with Gasteiger partial charge in [-0.05, 0) is 97.2 Å². The van der Waals surface area contributed by atoms with Gasteiger partial charge in [-0.1, -0.05) is 60.1 Å². The van der Waals surface area contributed by atoms with Gasteiger partial charge >= 0.3 is 5.97 Å². The molecule has 5 aliphatic carbocycles. The molecule has 15 atom stereocenters. The third kappa shape index (κ3) is 4.61. The van der Waals surface area contributed by atoms with Gasteiger partial charge in [-0.25, -0.2) is 4.79 Å². The fraction of sp³-hybridized carbons (Fsp3) is 0.917. The first-order valence-electron chi connectivity index (χ1n) is 17.4. The maximum Gasteiger partial charge on any atom is 0.335 e. The van der Waals surface area contributed by atoms with Crippen LogP contribution in [0.4, 0.5) is 0 Å². The Hall–Kier alpha value is -1.07. The summed E-state index contributed by atoms with van der Waals surface area (Å²) in [5, 5.41) is 63.3. The highest BCUT2D eigenvalue weighted by atomic mass is 16.7. The average molecular weight is 635 g/mol. The first-order chi connectivity index (χ1) is 20.8. The summed E-state index contributed by atoms with van der Waals surface area (Å²) in [5.41, 5.74) is 0.871. The number of aliphatic carboxylic acids is 1. The molecule has 6 N–H and O–H groups in total. The number of aliphatic hydroxyl groups is 5. The van der Waals surface area contributed by atoms with Crippen molar-refractivity contribution in [3.8, 4) is 0 Å². The number of aliphatic hydroxyl groups excluding tert-OH is 5. The zero-order valence-electron chi connectivity index (χ0n) is 28.3. The lowest BCUT2D eigenvalue weighted by Gasteiger charge is -2.72. The zero-order valence-corrected chi connectivity index (χ0v) is 28.3. The summed E-state index contributed by atoms with van der Waals surface area (Å²) in [5.74, 6) is -0.570. The maximum atomic E-state index is 11.7. The molecule has 9 nitrogen and oxygen atoms in total. The van der Waals surface area contributed by atoms with Crippen LogP contribution < -0.4 is 0 Å². The fourth-order valence-electron chi connectivity index (χ4n) is 12.2. The molecule has 6 rings (SSSR count). The summed E-state index contributed by atoms with van der Waals surface area (Å²) >= 11 is 0. The molecule has 1 aliphatic heterocycles. The van der Waals surface area contributed by atoms with Crippen molar-refractivity contribution in [3.05, 3.63) is 11.6 Å². The van der Waals surface area contributed by atoms with Crippen molar-refractivity contribution in [3.63, 3.8) is 0 Å². The van der Waals surface area contributed by atoms with Crippen LogP contribution >= 0.6 is 0 Å². The van der Waals surface area contributed by atoms with E-state index in [9.17, 15) is 35.4 Å². The van der Waals surface area contributed by atoms with E-state index >= 15 is 0 Å². The second-order valence-electron chi connectivity index (χ2n) is 18.0. The lowest BCUT2D eigenvalue weighted by atomic mass is 9.33. The molecule has 0 aromatic heterocycles. The molecule has 6 aliphatic rings. The Labute approximate surface area is 268 Å². The summed E-state index contributed by atoms with van der Waals surface area (Å²) in [7, 11) is 0. The maximum absolute atomic E-state index is 11.7. The fourth-order valence-corrected chi connectivity index (χ4v) is 12.2. The van der Waals surface area contributed by atoms with Crippen LogP contribution in [0.15, 0.2) is 11.6 Å².